The average molecular weight is 904 g/mol. The average Bonchev–Trinajstić information content (AvgIpc) is 3.12. The minimum Gasteiger partial charge on any atom is -0.505 e. The number of anilines is 1. The van der Waals surface area contributed by atoms with E-state index in [9.17, 15) is 43.3 Å². The molecule has 4 rings (SSSR count). The molecular formula is C26H25N5O19S6. The summed E-state index contributed by atoms with van der Waals surface area (Å²) in [5.41, 5.74) is 4.40. The van der Waals surface area contributed by atoms with Crippen LogP contribution in [0.2, 0.25) is 0 Å². The molecule has 7 N–H and O–H groups in total. The number of sulfone groups is 2. The Morgan fingerprint density at radius 2 is 1.32 bits per heavy atom. The molecule has 304 valence electrons. The highest BCUT2D eigenvalue weighted by Gasteiger charge is 2.26. The van der Waals surface area contributed by atoms with Crippen molar-refractivity contribution < 1.29 is 85.5 Å². The molecule has 0 saturated carbocycles. The van der Waals surface area contributed by atoms with Crippen LogP contribution >= 0.6 is 24.4 Å². The zero-order chi connectivity index (χ0) is 41.3. The van der Waals surface area contributed by atoms with Crippen molar-refractivity contribution in [3.8, 4) is 5.75 Å². The fourth-order valence-corrected chi connectivity index (χ4v) is 8.49. The normalized spacial score (nSPS) is 13.0. The van der Waals surface area contributed by atoms with E-state index in [2.05, 4.69) is 43.4 Å². The second-order valence-corrected chi connectivity index (χ2v) is 18.3. The molecule has 0 amide bonds. The number of hydrogen-bond acceptors (Lipinski definition) is 24. The minimum absolute atomic E-state index is 0.0541. The van der Waals surface area contributed by atoms with Gasteiger partial charge in [0.05, 0.1) is 73.9 Å². The third-order valence-electron chi connectivity index (χ3n) is 6.78. The van der Waals surface area contributed by atoms with Crippen molar-refractivity contribution in [3.63, 3.8) is 0 Å². The van der Waals surface area contributed by atoms with E-state index in [1.54, 1.807) is 0 Å². The maximum atomic E-state index is 12.7. The fraction of sp³-hybridized carbons (Fsp3) is 0.154. The van der Waals surface area contributed by atoms with E-state index in [0.717, 1.165) is 24.3 Å². The first-order chi connectivity index (χ1) is 26.3. The summed E-state index contributed by atoms with van der Waals surface area (Å²) in [7, 11) is -18.1. The molecule has 4 aromatic rings. The predicted molar refractivity (Wildman–Crippen MR) is 192 cm³/mol. The van der Waals surface area contributed by atoms with Crippen LogP contribution < -0.4 is 5.73 Å². The van der Waals surface area contributed by atoms with Gasteiger partial charge in [-0.15, -0.1) is 18.9 Å². The molecular weight excluding hydrogens is 879 g/mol. The van der Waals surface area contributed by atoms with Gasteiger partial charge in [-0.1, -0.05) is 16.1 Å². The number of rotatable bonds is 20. The van der Waals surface area contributed by atoms with Crippen molar-refractivity contribution in [1.29, 1.82) is 0 Å². The topological polar surface area (TPSA) is 369 Å². The van der Waals surface area contributed by atoms with E-state index in [1.807, 2.05) is 0 Å². The lowest BCUT2D eigenvalue weighted by Gasteiger charge is -2.14. The highest BCUT2D eigenvalue weighted by molar-refractivity contribution is 7.94. The monoisotopic (exact) mass is 903 g/mol. The molecule has 0 aliphatic carbocycles. The van der Waals surface area contributed by atoms with E-state index >= 15 is 0 Å². The smallest absolute Gasteiger partial charge is 0.397 e. The number of fused-ring (bicyclic) bond motifs is 1. The summed E-state index contributed by atoms with van der Waals surface area (Å²) in [6.45, 7) is -1.26. The molecule has 24 nitrogen and oxygen atoms in total. The number of nitrogens with two attached hydrogens (primary N) is 1. The predicted octanol–water partition coefficient (Wildman–Crippen LogP) is 5.00. The summed E-state index contributed by atoms with van der Waals surface area (Å²) in [5.74, 6) is -2.14. The van der Waals surface area contributed by atoms with Crippen LogP contribution in [0.5, 0.6) is 5.75 Å². The molecule has 0 radical (unpaired) electrons. The number of phenols is 1. The van der Waals surface area contributed by atoms with Crippen molar-refractivity contribution >= 4 is 104 Å². The Kier molecular flexibility index (Phi) is 15.2. The number of hydrogen-bond donors (Lipinski definition) is 6. The van der Waals surface area contributed by atoms with Crippen LogP contribution in [0.25, 0.3) is 10.8 Å². The molecule has 0 aliphatic rings. The van der Waals surface area contributed by atoms with Gasteiger partial charge in [0.2, 0.25) is 0 Å². The second kappa shape index (κ2) is 19.0. The van der Waals surface area contributed by atoms with Gasteiger partial charge in [0.25, 0.3) is 10.1 Å². The van der Waals surface area contributed by atoms with Gasteiger partial charge in [0, 0.05) is 0 Å². The zero-order valence-corrected chi connectivity index (χ0v) is 32.3. The van der Waals surface area contributed by atoms with Crippen molar-refractivity contribution in [2.45, 2.75) is 19.6 Å². The SMILES string of the molecule is Nc1c(/N=N/c2cccc(S(=O)(=O)CCOS(=O)(=O)O)c2)c(S(=O)(=O)O)cc2cc(SOOO)c(/N=N/c3ccc(S(=O)(=O)CCOSOOO)cc3)c(O)c12. The van der Waals surface area contributed by atoms with E-state index in [0.29, 0.717) is 0 Å². The van der Waals surface area contributed by atoms with E-state index < -0.39 is 90.9 Å². The Labute approximate surface area is 324 Å². The van der Waals surface area contributed by atoms with Crippen LogP contribution in [-0.4, -0.2) is 83.1 Å². The molecule has 0 spiro atoms. The van der Waals surface area contributed by atoms with Crippen molar-refractivity contribution in [1.82, 2.24) is 0 Å². The van der Waals surface area contributed by atoms with Gasteiger partial charge in [0.1, 0.15) is 16.3 Å². The van der Waals surface area contributed by atoms with Gasteiger partial charge < -0.3 is 10.8 Å². The quantitative estimate of drug-likeness (QED) is 0.0129. The van der Waals surface area contributed by atoms with Crippen LogP contribution in [0.1, 0.15) is 0 Å². The van der Waals surface area contributed by atoms with E-state index in [4.69, 9.17) is 25.0 Å². The summed E-state index contributed by atoms with van der Waals surface area (Å²) in [6, 6.07) is 11.4. The first-order valence-corrected chi connectivity index (χ1v) is 21.9. The molecule has 0 aliphatic heterocycles. The molecule has 30 heteroatoms. The molecule has 0 atom stereocenters. The third-order valence-corrected chi connectivity index (χ3v) is 12.5. The van der Waals surface area contributed by atoms with Crippen LogP contribution in [0.15, 0.2) is 101 Å². The Balaban J connectivity index is 1.74. The number of nitrogens with zero attached hydrogens (tertiary/aromatic N) is 4. The van der Waals surface area contributed by atoms with Crippen LogP contribution in [-0.2, 0) is 67.3 Å². The largest absolute Gasteiger partial charge is 0.505 e. The Morgan fingerprint density at radius 1 is 0.696 bits per heavy atom. The molecule has 0 aromatic heterocycles. The van der Waals surface area contributed by atoms with Crippen molar-refractivity contribution in [2.75, 3.05) is 30.5 Å². The van der Waals surface area contributed by atoms with Crippen LogP contribution in [0.3, 0.4) is 0 Å². The van der Waals surface area contributed by atoms with E-state index in [-0.39, 0.29) is 62.9 Å². The van der Waals surface area contributed by atoms with Gasteiger partial charge in [-0.05, 0) is 60.0 Å². The number of aromatic hydroxyl groups is 1. The second-order valence-electron chi connectivity index (χ2n) is 10.3. The lowest BCUT2D eigenvalue weighted by atomic mass is 10.1. The Hall–Kier alpha value is -3.96. The minimum atomic E-state index is -5.14. The lowest BCUT2D eigenvalue weighted by Crippen LogP contribution is -2.15. The summed E-state index contributed by atoms with van der Waals surface area (Å²) < 4.78 is 133. The van der Waals surface area contributed by atoms with Crippen LogP contribution in [0.4, 0.5) is 28.4 Å². The fourth-order valence-electron chi connectivity index (χ4n) is 4.39. The zero-order valence-electron chi connectivity index (χ0n) is 27.4. The first kappa shape index (κ1) is 44.8. The van der Waals surface area contributed by atoms with Crippen molar-refractivity contribution in [2.24, 2.45) is 20.5 Å². The van der Waals surface area contributed by atoms with Crippen molar-refractivity contribution in [3.05, 3.63) is 60.7 Å². The maximum absolute atomic E-state index is 12.7. The summed E-state index contributed by atoms with van der Waals surface area (Å²) >= 11 is 0.465. The van der Waals surface area contributed by atoms with Crippen LogP contribution in [0, 0.1) is 0 Å². The maximum Gasteiger partial charge on any atom is 0.397 e. The van der Waals surface area contributed by atoms with Gasteiger partial charge in [-0.3, -0.25) is 13.3 Å². The summed E-state index contributed by atoms with van der Waals surface area (Å²) in [6.07, 6.45) is 0. The Bertz CT molecular complexity index is 2570. The van der Waals surface area contributed by atoms with Gasteiger partial charge in [0.15, 0.2) is 37.7 Å². The molecule has 0 bridgehead atoms. The number of phenolic OH excluding ortho intramolecular Hbond substituents is 1. The standard InChI is InChI=1S/C26H25N5O19S6/c27-23-22-15(13-21(55(39,40)41)25(23)31-29-17-2-1-3-19(14-17)54(37,38)11-9-46-56(42,43)44)12-20(51-49-47-33)24(26(22)32)30-28-16-4-6-18(7-5-16)53(35,36)10-8-45-52-50-48-34/h1-7,12-14,32-34H,8-11,27H2,(H,39,40,41)(H,42,43,44)/b30-28+,31-29+. The van der Waals surface area contributed by atoms with Gasteiger partial charge >= 0.3 is 10.4 Å². The Morgan fingerprint density at radius 3 is 1.96 bits per heavy atom. The molecule has 4 aromatic carbocycles. The number of benzene rings is 4. The molecule has 0 saturated heterocycles. The highest BCUT2D eigenvalue weighted by Crippen LogP contribution is 2.49. The number of azo groups is 2. The summed E-state index contributed by atoms with van der Waals surface area (Å²) in [4.78, 5) is -1.63. The van der Waals surface area contributed by atoms with Gasteiger partial charge in [-0.2, -0.15) is 27.1 Å². The lowest BCUT2D eigenvalue weighted by molar-refractivity contribution is -0.434. The highest BCUT2D eigenvalue weighted by atomic mass is 32.3. The van der Waals surface area contributed by atoms with E-state index in [1.165, 1.54) is 36.4 Å². The first-order valence-electron chi connectivity index (χ1n) is 14.4. The summed E-state index contributed by atoms with van der Waals surface area (Å²) in [5, 5.41) is 50.2. The molecule has 0 fully saturated rings. The van der Waals surface area contributed by atoms with Gasteiger partial charge in [-0.25, -0.2) is 31.5 Å². The third kappa shape index (κ3) is 12.0. The molecule has 56 heavy (non-hydrogen) atoms. The number of nitrogen functional groups attached to an aromatic ring is 1. The molecule has 0 heterocycles. The molecule has 0 unspecified atom stereocenters.